The number of carbonyl (C=O) groups is 2. The zero-order valence-corrected chi connectivity index (χ0v) is 12.6. The van der Waals surface area contributed by atoms with Crippen LogP contribution in [-0.2, 0) is 0 Å². The Bertz CT molecular complexity index is 758. The van der Waals surface area contributed by atoms with Gasteiger partial charge >= 0.3 is 0 Å². The van der Waals surface area contributed by atoms with Gasteiger partial charge in [-0.1, -0.05) is 18.2 Å². The SMILES string of the molecule is Cc1ccccc1C(=O)NNC(=O)c1ccc2c(c1)OCCO2. The molecule has 23 heavy (non-hydrogen) atoms. The van der Waals surface area contributed by atoms with Crippen molar-refractivity contribution < 1.29 is 19.1 Å². The summed E-state index contributed by atoms with van der Waals surface area (Å²) in [4.78, 5) is 24.2. The standard InChI is InChI=1S/C17H16N2O4/c1-11-4-2-3-5-13(11)17(21)19-18-16(20)12-6-7-14-15(10-12)23-9-8-22-14/h2-7,10H,8-9H2,1H3,(H,18,20)(H,19,21). The maximum Gasteiger partial charge on any atom is 0.269 e. The van der Waals surface area contributed by atoms with Crippen LogP contribution in [-0.4, -0.2) is 25.0 Å². The Morgan fingerprint density at radius 1 is 0.913 bits per heavy atom. The summed E-state index contributed by atoms with van der Waals surface area (Å²) in [6.45, 7) is 2.77. The van der Waals surface area contributed by atoms with Crippen LogP contribution in [0.4, 0.5) is 0 Å². The zero-order chi connectivity index (χ0) is 16.2. The van der Waals surface area contributed by atoms with Gasteiger partial charge in [0.05, 0.1) is 0 Å². The topological polar surface area (TPSA) is 76.7 Å². The molecule has 0 fully saturated rings. The predicted octanol–water partition coefficient (Wildman–Crippen LogP) is 1.84. The average molecular weight is 312 g/mol. The molecular formula is C17H16N2O4. The van der Waals surface area contributed by atoms with E-state index >= 15 is 0 Å². The minimum Gasteiger partial charge on any atom is -0.486 e. The lowest BCUT2D eigenvalue weighted by atomic mass is 10.1. The van der Waals surface area contributed by atoms with Crippen LogP contribution in [0, 0.1) is 6.92 Å². The Morgan fingerprint density at radius 3 is 2.39 bits per heavy atom. The average Bonchev–Trinajstić information content (AvgIpc) is 2.59. The second-order valence-corrected chi connectivity index (χ2v) is 5.08. The van der Waals surface area contributed by atoms with Crippen LogP contribution < -0.4 is 20.3 Å². The number of rotatable bonds is 2. The van der Waals surface area contributed by atoms with Crippen LogP contribution in [0.15, 0.2) is 42.5 Å². The van der Waals surface area contributed by atoms with Gasteiger partial charge in [0.25, 0.3) is 11.8 Å². The summed E-state index contributed by atoms with van der Waals surface area (Å²) >= 11 is 0. The maximum absolute atomic E-state index is 12.1. The van der Waals surface area contributed by atoms with E-state index in [9.17, 15) is 9.59 Å². The van der Waals surface area contributed by atoms with Crippen molar-refractivity contribution in [2.24, 2.45) is 0 Å². The molecule has 0 saturated heterocycles. The van der Waals surface area contributed by atoms with E-state index in [2.05, 4.69) is 10.9 Å². The third-order valence-electron chi connectivity index (χ3n) is 3.48. The third-order valence-corrected chi connectivity index (χ3v) is 3.48. The monoisotopic (exact) mass is 312 g/mol. The number of hydrogen-bond acceptors (Lipinski definition) is 4. The summed E-state index contributed by atoms with van der Waals surface area (Å²) in [6, 6.07) is 12.0. The number of benzene rings is 2. The van der Waals surface area contributed by atoms with E-state index in [0.29, 0.717) is 35.8 Å². The van der Waals surface area contributed by atoms with Crippen molar-refractivity contribution in [2.45, 2.75) is 6.92 Å². The molecule has 118 valence electrons. The lowest BCUT2D eigenvalue weighted by molar-refractivity contribution is 0.0845. The molecule has 0 aliphatic carbocycles. The van der Waals surface area contributed by atoms with Crippen molar-refractivity contribution >= 4 is 11.8 Å². The molecule has 1 heterocycles. The smallest absolute Gasteiger partial charge is 0.269 e. The summed E-state index contributed by atoms with van der Waals surface area (Å²) in [7, 11) is 0. The molecule has 6 nitrogen and oxygen atoms in total. The first-order valence-electron chi connectivity index (χ1n) is 7.21. The molecule has 6 heteroatoms. The van der Waals surface area contributed by atoms with Crippen molar-refractivity contribution in [3.8, 4) is 11.5 Å². The largest absolute Gasteiger partial charge is 0.486 e. The second-order valence-electron chi connectivity index (χ2n) is 5.08. The summed E-state index contributed by atoms with van der Waals surface area (Å²) in [5.41, 5.74) is 6.52. The number of carbonyl (C=O) groups excluding carboxylic acids is 2. The van der Waals surface area contributed by atoms with Gasteiger partial charge in [-0.25, -0.2) is 0 Å². The van der Waals surface area contributed by atoms with Crippen molar-refractivity contribution in [2.75, 3.05) is 13.2 Å². The molecule has 0 unspecified atom stereocenters. The molecule has 2 aromatic carbocycles. The third kappa shape index (κ3) is 3.26. The molecule has 0 saturated carbocycles. The lowest BCUT2D eigenvalue weighted by Crippen LogP contribution is -2.41. The lowest BCUT2D eigenvalue weighted by Gasteiger charge is -2.18. The molecule has 0 spiro atoms. The maximum atomic E-state index is 12.1. The second kappa shape index (κ2) is 6.39. The minimum atomic E-state index is -0.427. The first-order valence-corrected chi connectivity index (χ1v) is 7.21. The van der Waals surface area contributed by atoms with Crippen molar-refractivity contribution in [3.63, 3.8) is 0 Å². The molecule has 1 aliphatic heterocycles. The Morgan fingerprint density at radius 2 is 1.61 bits per heavy atom. The molecule has 2 amide bonds. The highest BCUT2D eigenvalue weighted by Gasteiger charge is 2.16. The van der Waals surface area contributed by atoms with Gasteiger partial charge in [0, 0.05) is 11.1 Å². The molecule has 0 atom stereocenters. The highest BCUT2D eigenvalue weighted by molar-refractivity contribution is 6.00. The minimum absolute atomic E-state index is 0.367. The van der Waals surface area contributed by atoms with Gasteiger partial charge in [0.15, 0.2) is 11.5 Å². The number of hydrogen-bond donors (Lipinski definition) is 2. The molecule has 0 aromatic heterocycles. The molecular weight excluding hydrogens is 296 g/mol. The Hall–Kier alpha value is -3.02. The van der Waals surface area contributed by atoms with E-state index in [-0.39, 0.29) is 5.91 Å². The van der Waals surface area contributed by atoms with Crippen LogP contribution in [0.2, 0.25) is 0 Å². The van der Waals surface area contributed by atoms with E-state index in [4.69, 9.17) is 9.47 Å². The number of amides is 2. The molecule has 0 bridgehead atoms. The predicted molar refractivity (Wildman–Crippen MR) is 83.5 cm³/mol. The number of ether oxygens (including phenoxy) is 2. The first kappa shape index (κ1) is 14.9. The first-order chi connectivity index (χ1) is 11.1. The van der Waals surface area contributed by atoms with E-state index in [0.717, 1.165) is 5.56 Å². The van der Waals surface area contributed by atoms with E-state index < -0.39 is 5.91 Å². The van der Waals surface area contributed by atoms with Gasteiger partial charge in [0.2, 0.25) is 0 Å². The Balaban J connectivity index is 1.66. The number of aryl methyl sites for hydroxylation is 1. The highest BCUT2D eigenvalue weighted by atomic mass is 16.6. The summed E-state index contributed by atoms with van der Waals surface area (Å²) < 4.78 is 10.8. The van der Waals surface area contributed by atoms with Gasteiger partial charge in [-0.3, -0.25) is 20.4 Å². The van der Waals surface area contributed by atoms with Crippen LogP contribution in [0.1, 0.15) is 26.3 Å². The number of nitrogens with one attached hydrogen (secondary N) is 2. The summed E-state index contributed by atoms with van der Waals surface area (Å²) in [5, 5.41) is 0. The van der Waals surface area contributed by atoms with Crippen LogP contribution in [0.5, 0.6) is 11.5 Å². The Kier molecular flexibility index (Phi) is 4.14. The molecule has 2 N–H and O–H groups in total. The van der Waals surface area contributed by atoms with Gasteiger partial charge in [-0.05, 0) is 36.8 Å². The zero-order valence-electron chi connectivity index (χ0n) is 12.6. The fourth-order valence-electron chi connectivity index (χ4n) is 2.27. The molecule has 2 aromatic rings. The van der Waals surface area contributed by atoms with E-state index in [1.54, 1.807) is 30.3 Å². The van der Waals surface area contributed by atoms with Crippen molar-refractivity contribution in [1.29, 1.82) is 0 Å². The van der Waals surface area contributed by atoms with E-state index in [1.807, 2.05) is 19.1 Å². The summed E-state index contributed by atoms with van der Waals surface area (Å²) in [6.07, 6.45) is 0. The quantitative estimate of drug-likeness (QED) is 0.830. The highest BCUT2D eigenvalue weighted by Crippen LogP contribution is 2.30. The van der Waals surface area contributed by atoms with E-state index in [1.165, 1.54) is 0 Å². The molecule has 0 radical (unpaired) electrons. The van der Waals surface area contributed by atoms with Gasteiger partial charge in [-0.15, -0.1) is 0 Å². The van der Waals surface area contributed by atoms with Crippen molar-refractivity contribution in [1.82, 2.24) is 10.9 Å². The van der Waals surface area contributed by atoms with Crippen LogP contribution in [0.25, 0.3) is 0 Å². The Labute approximate surface area is 133 Å². The normalized spacial score (nSPS) is 12.4. The molecule has 3 rings (SSSR count). The number of fused-ring (bicyclic) bond motifs is 1. The van der Waals surface area contributed by atoms with Crippen LogP contribution in [0.3, 0.4) is 0 Å². The van der Waals surface area contributed by atoms with Gasteiger partial charge < -0.3 is 9.47 Å². The van der Waals surface area contributed by atoms with Crippen LogP contribution >= 0.6 is 0 Å². The van der Waals surface area contributed by atoms with Gasteiger partial charge in [0.1, 0.15) is 13.2 Å². The molecule has 1 aliphatic rings. The van der Waals surface area contributed by atoms with Crippen molar-refractivity contribution in [3.05, 3.63) is 59.2 Å². The fourth-order valence-corrected chi connectivity index (χ4v) is 2.27. The number of hydrazine groups is 1. The van der Waals surface area contributed by atoms with Gasteiger partial charge in [-0.2, -0.15) is 0 Å². The fraction of sp³-hybridized carbons (Fsp3) is 0.176. The summed E-state index contributed by atoms with van der Waals surface area (Å²) in [5.74, 6) is 0.337.